The van der Waals surface area contributed by atoms with Crippen LogP contribution in [0.25, 0.3) is 0 Å². The molecule has 2 aromatic rings. The standard InChI is InChI=1S/C16H19N5O/c1-19(14-6-3-2-4-7-14)16(22)21-12-10-20(11-13-21)15-17-8-5-9-18-15/h2-9H,10-13H2,1H3. The highest BCUT2D eigenvalue weighted by molar-refractivity contribution is 5.91. The van der Waals surface area contributed by atoms with Gasteiger partial charge in [0.1, 0.15) is 0 Å². The van der Waals surface area contributed by atoms with Gasteiger partial charge in [0, 0.05) is 51.3 Å². The molecule has 6 heteroatoms. The number of para-hydroxylation sites is 1. The van der Waals surface area contributed by atoms with Gasteiger partial charge in [-0.2, -0.15) is 0 Å². The van der Waals surface area contributed by atoms with Crippen LogP contribution in [0.3, 0.4) is 0 Å². The zero-order valence-electron chi connectivity index (χ0n) is 12.6. The molecule has 1 aliphatic rings. The van der Waals surface area contributed by atoms with Gasteiger partial charge in [-0.25, -0.2) is 14.8 Å². The van der Waals surface area contributed by atoms with Gasteiger partial charge in [-0.05, 0) is 18.2 Å². The minimum absolute atomic E-state index is 0.0276. The molecule has 3 rings (SSSR count). The molecular weight excluding hydrogens is 278 g/mol. The first kappa shape index (κ1) is 14.3. The molecule has 2 amide bonds. The Hall–Kier alpha value is -2.63. The zero-order valence-corrected chi connectivity index (χ0v) is 12.6. The van der Waals surface area contributed by atoms with Crippen molar-refractivity contribution < 1.29 is 4.79 Å². The van der Waals surface area contributed by atoms with Crippen molar-refractivity contribution in [1.82, 2.24) is 14.9 Å². The molecule has 0 radical (unpaired) electrons. The van der Waals surface area contributed by atoms with Crippen molar-refractivity contribution in [3.63, 3.8) is 0 Å². The molecule has 0 N–H and O–H groups in total. The SMILES string of the molecule is CN(C(=O)N1CCN(c2ncccn2)CC1)c1ccccc1. The lowest BCUT2D eigenvalue weighted by Crippen LogP contribution is -2.52. The van der Waals surface area contributed by atoms with Crippen molar-refractivity contribution in [2.45, 2.75) is 0 Å². The smallest absolute Gasteiger partial charge is 0.324 e. The topological polar surface area (TPSA) is 52.6 Å². The lowest BCUT2D eigenvalue weighted by molar-refractivity contribution is 0.202. The van der Waals surface area contributed by atoms with E-state index >= 15 is 0 Å². The van der Waals surface area contributed by atoms with E-state index in [-0.39, 0.29) is 6.03 Å². The van der Waals surface area contributed by atoms with Gasteiger partial charge >= 0.3 is 6.03 Å². The zero-order chi connectivity index (χ0) is 15.4. The maximum Gasteiger partial charge on any atom is 0.324 e. The molecule has 1 aromatic carbocycles. The van der Waals surface area contributed by atoms with Crippen LogP contribution in [0.1, 0.15) is 0 Å². The molecule has 114 valence electrons. The number of hydrogen-bond donors (Lipinski definition) is 0. The van der Waals surface area contributed by atoms with Gasteiger partial charge in [0.25, 0.3) is 0 Å². The molecule has 22 heavy (non-hydrogen) atoms. The largest absolute Gasteiger partial charge is 0.337 e. The Morgan fingerprint density at radius 3 is 2.27 bits per heavy atom. The summed E-state index contributed by atoms with van der Waals surface area (Å²) in [4.78, 5) is 26.7. The van der Waals surface area contributed by atoms with Gasteiger partial charge in [0.05, 0.1) is 0 Å². The van der Waals surface area contributed by atoms with Crippen LogP contribution in [0.4, 0.5) is 16.4 Å². The van der Waals surface area contributed by atoms with Crippen LogP contribution in [-0.2, 0) is 0 Å². The second kappa shape index (κ2) is 6.43. The van der Waals surface area contributed by atoms with Crippen LogP contribution in [0, 0.1) is 0 Å². The molecule has 1 aromatic heterocycles. The number of benzene rings is 1. The highest BCUT2D eigenvalue weighted by Crippen LogP contribution is 2.15. The Labute approximate surface area is 130 Å². The first-order chi connectivity index (χ1) is 10.8. The maximum atomic E-state index is 12.5. The van der Waals surface area contributed by atoms with Gasteiger partial charge in [-0.3, -0.25) is 4.90 Å². The van der Waals surface area contributed by atoms with Gasteiger partial charge in [-0.15, -0.1) is 0 Å². The molecule has 0 aliphatic carbocycles. The summed E-state index contributed by atoms with van der Waals surface area (Å²) in [5, 5.41) is 0. The number of anilines is 2. The van der Waals surface area contributed by atoms with Crippen LogP contribution in [-0.4, -0.2) is 54.1 Å². The lowest BCUT2D eigenvalue weighted by atomic mass is 10.3. The summed E-state index contributed by atoms with van der Waals surface area (Å²) in [5.74, 6) is 0.728. The van der Waals surface area contributed by atoms with E-state index in [2.05, 4.69) is 14.9 Å². The van der Waals surface area contributed by atoms with Gasteiger partial charge in [0.2, 0.25) is 5.95 Å². The molecule has 0 spiro atoms. The second-order valence-electron chi connectivity index (χ2n) is 5.20. The minimum atomic E-state index is 0.0276. The summed E-state index contributed by atoms with van der Waals surface area (Å²) in [6.45, 7) is 2.85. The molecule has 0 unspecified atom stereocenters. The first-order valence-corrected chi connectivity index (χ1v) is 7.35. The monoisotopic (exact) mass is 297 g/mol. The van der Waals surface area contributed by atoms with Crippen LogP contribution in [0.5, 0.6) is 0 Å². The van der Waals surface area contributed by atoms with Gasteiger partial charge in [-0.1, -0.05) is 18.2 Å². The average Bonchev–Trinajstić information content (AvgIpc) is 2.62. The fourth-order valence-electron chi connectivity index (χ4n) is 2.53. The second-order valence-corrected chi connectivity index (χ2v) is 5.20. The molecule has 6 nitrogen and oxygen atoms in total. The molecule has 0 saturated carbocycles. The summed E-state index contributed by atoms with van der Waals surface area (Å²) in [6, 6.07) is 11.5. The predicted octanol–water partition coefficient (Wildman–Crippen LogP) is 1.85. The van der Waals surface area contributed by atoms with E-state index in [1.54, 1.807) is 23.4 Å². The summed E-state index contributed by atoms with van der Waals surface area (Å²) in [5.41, 5.74) is 0.904. The summed E-state index contributed by atoms with van der Waals surface area (Å²) >= 11 is 0. The number of carbonyl (C=O) groups is 1. The van der Waals surface area contributed by atoms with Crippen molar-refractivity contribution in [2.75, 3.05) is 43.0 Å². The van der Waals surface area contributed by atoms with E-state index in [0.717, 1.165) is 24.7 Å². The average molecular weight is 297 g/mol. The number of piperazine rings is 1. The normalized spacial score (nSPS) is 14.8. The van der Waals surface area contributed by atoms with Crippen LogP contribution in [0.15, 0.2) is 48.8 Å². The molecule has 0 bridgehead atoms. The Morgan fingerprint density at radius 1 is 1.00 bits per heavy atom. The Kier molecular flexibility index (Phi) is 4.18. The third kappa shape index (κ3) is 3.00. The Morgan fingerprint density at radius 2 is 1.64 bits per heavy atom. The molecular formula is C16H19N5O. The summed E-state index contributed by atoms with van der Waals surface area (Å²) < 4.78 is 0. The molecule has 1 fully saturated rings. The van der Waals surface area contributed by atoms with Crippen LogP contribution in [0.2, 0.25) is 0 Å². The number of carbonyl (C=O) groups excluding carboxylic acids is 1. The van der Waals surface area contributed by atoms with E-state index in [1.807, 2.05) is 42.3 Å². The Balaban J connectivity index is 1.60. The van der Waals surface area contributed by atoms with Gasteiger partial charge < -0.3 is 9.80 Å². The molecule has 1 saturated heterocycles. The minimum Gasteiger partial charge on any atom is -0.337 e. The number of urea groups is 1. The number of hydrogen-bond acceptors (Lipinski definition) is 4. The highest BCUT2D eigenvalue weighted by Gasteiger charge is 2.25. The number of amides is 2. The van der Waals surface area contributed by atoms with Gasteiger partial charge in [0.15, 0.2) is 0 Å². The van der Waals surface area contributed by atoms with E-state index in [9.17, 15) is 4.79 Å². The summed E-state index contributed by atoms with van der Waals surface area (Å²) in [7, 11) is 1.81. The van der Waals surface area contributed by atoms with Crippen molar-refractivity contribution in [2.24, 2.45) is 0 Å². The Bertz CT molecular complexity index is 611. The fraction of sp³-hybridized carbons (Fsp3) is 0.312. The third-order valence-electron chi connectivity index (χ3n) is 3.82. The number of rotatable bonds is 2. The van der Waals surface area contributed by atoms with Crippen LogP contribution < -0.4 is 9.80 Å². The number of nitrogens with zero attached hydrogens (tertiary/aromatic N) is 5. The maximum absolute atomic E-state index is 12.5. The van der Waals surface area contributed by atoms with E-state index in [0.29, 0.717) is 13.1 Å². The lowest BCUT2D eigenvalue weighted by Gasteiger charge is -2.36. The highest BCUT2D eigenvalue weighted by atomic mass is 16.2. The number of aromatic nitrogens is 2. The van der Waals surface area contributed by atoms with E-state index in [1.165, 1.54) is 0 Å². The van der Waals surface area contributed by atoms with Crippen LogP contribution >= 0.6 is 0 Å². The van der Waals surface area contributed by atoms with E-state index in [4.69, 9.17) is 0 Å². The van der Waals surface area contributed by atoms with Crippen molar-refractivity contribution >= 4 is 17.7 Å². The van der Waals surface area contributed by atoms with Crippen molar-refractivity contribution in [3.8, 4) is 0 Å². The predicted molar refractivity (Wildman–Crippen MR) is 86.1 cm³/mol. The molecule has 2 heterocycles. The summed E-state index contributed by atoms with van der Waals surface area (Å²) in [6.07, 6.45) is 3.48. The van der Waals surface area contributed by atoms with Crippen molar-refractivity contribution in [3.05, 3.63) is 48.8 Å². The quantitative estimate of drug-likeness (QED) is 0.849. The molecule has 1 aliphatic heterocycles. The fourth-order valence-corrected chi connectivity index (χ4v) is 2.53. The third-order valence-corrected chi connectivity index (χ3v) is 3.82. The van der Waals surface area contributed by atoms with E-state index < -0.39 is 0 Å². The molecule has 0 atom stereocenters. The van der Waals surface area contributed by atoms with Crippen molar-refractivity contribution in [1.29, 1.82) is 0 Å². The first-order valence-electron chi connectivity index (χ1n) is 7.35.